The second kappa shape index (κ2) is 7.21. The van der Waals surface area contributed by atoms with Gasteiger partial charge in [-0.1, -0.05) is 6.07 Å². The van der Waals surface area contributed by atoms with Crippen molar-refractivity contribution in [3.05, 3.63) is 66.1 Å². The largest absolute Gasteiger partial charge is 0.353 e. The predicted octanol–water partition coefficient (Wildman–Crippen LogP) is 1.72. The van der Waals surface area contributed by atoms with Crippen molar-refractivity contribution < 1.29 is 9.18 Å². The Kier molecular flexibility index (Phi) is 4.38. The average Bonchev–Trinajstić information content (AvgIpc) is 3.42. The fourth-order valence-electron chi connectivity index (χ4n) is 3.64. The Bertz CT molecular complexity index is 1220. The van der Waals surface area contributed by atoms with Gasteiger partial charge in [0.1, 0.15) is 18.0 Å². The quantitative estimate of drug-likeness (QED) is 0.515. The van der Waals surface area contributed by atoms with Gasteiger partial charge in [0.2, 0.25) is 0 Å². The van der Waals surface area contributed by atoms with Gasteiger partial charge < -0.3 is 9.80 Å². The summed E-state index contributed by atoms with van der Waals surface area (Å²) in [7, 11) is 0. The molecule has 5 rings (SSSR count). The van der Waals surface area contributed by atoms with Gasteiger partial charge >= 0.3 is 0 Å². The number of aryl methyl sites for hydroxylation is 1. The number of carbonyl (C=O) groups excluding carboxylic acids is 1. The lowest BCUT2D eigenvalue weighted by molar-refractivity contribution is 0.0740. The average molecular weight is 406 g/mol. The van der Waals surface area contributed by atoms with E-state index in [-0.39, 0.29) is 11.7 Å². The SMILES string of the molecule is Cc1cc(N2CCN(C(=O)c3ccn(-c4cccc(F)c4)n3)CC2)n2ncnc2n1. The van der Waals surface area contributed by atoms with Crippen LogP contribution in [-0.2, 0) is 0 Å². The highest BCUT2D eigenvalue weighted by Crippen LogP contribution is 2.19. The van der Waals surface area contributed by atoms with Crippen LogP contribution in [0.15, 0.2) is 48.9 Å². The first-order chi connectivity index (χ1) is 14.6. The van der Waals surface area contributed by atoms with Gasteiger partial charge in [-0.25, -0.2) is 14.1 Å². The number of nitrogens with zero attached hydrogens (tertiary/aromatic N) is 8. The van der Waals surface area contributed by atoms with Crippen LogP contribution in [0.2, 0.25) is 0 Å². The molecule has 4 heterocycles. The van der Waals surface area contributed by atoms with Crippen LogP contribution < -0.4 is 4.90 Å². The van der Waals surface area contributed by atoms with E-state index >= 15 is 0 Å². The molecule has 3 aromatic heterocycles. The molecule has 1 saturated heterocycles. The molecule has 0 bridgehead atoms. The van der Waals surface area contributed by atoms with Gasteiger partial charge in [0, 0.05) is 44.1 Å². The lowest BCUT2D eigenvalue weighted by Crippen LogP contribution is -2.49. The fourth-order valence-corrected chi connectivity index (χ4v) is 3.64. The van der Waals surface area contributed by atoms with Crippen LogP contribution in [-0.4, -0.2) is 66.3 Å². The molecular weight excluding hydrogens is 387 g/mol. The number of hydrogen-bond donors (Lipinski definition) is 0. The predicted molar refractivity (Wildman–Crippen MR) is 107 cm³/mol. The summed E-state index contributed by atoms with van der Waals surface area (Å²) in [4.78, 5) is 25.4. The highest BCUT2D eigenvalue weighted by atomic mass is 19.1. The molecule has 10 heteroatoms. The van der Waals surface area contributed by atoms with Crippen molar-refractivity contribution >= 4 is 17.5 Å². The smallest absolute Gasteiger partial charge is 0.274 e. The summed E-state index contributed by atoms with van der Waals surface area (Å²) in [5, 5.41) is 8.59. The summed E-state index contributed by atoms with van der Waals surface area (Å²) >= 11 is 0. The zero-order chi connectivity index (χ0) is 20.7. The van der Waals surface area contributed by atoms with Crippen molar-refractivity contribution in [2.24, 2.45) is 0 Å². The van der Waals surface area contributed by atoms with Gasteiger partial charge in [-0.2, -0.15) is 19.7 Å². The number of rotatable bonds is 3. The molecule has 1 aliphatic rings. The number of amides is 1. The minimum atomic E-state index is -0.347. The molecule has 0 radical (unpaired) electrons. The second-order valence-electron chi connectivity index (χ2n) is 7.13. The van der Waals surface area contributed by atoms with Crippen molar-refractivity contribution in [3.63, 3.8) is 0 Å². The number of anilines is 1. The van der Waals surface area contributed by atoms with E-state index in [1.807, 2.05) is 13.0 Å². The topological polar surface area (TPSA) is 84.5 Å². The zero-order valence-electron chi connectivity index (χ0n) is 16.3. The molecular formula is C20H19FN8O. The van der Waals surface area contributed by atoms with Crippen LogP contribution in [0, 0.1) is 12.7 Å². The van der Waals surface area contributed by atoms with Gasteiger partial charge in [0.15, 0.2) is 5.69 Å². The number of aromatic nitrogens is 6. The molecule has 30 heavy (non-hydrogen) atoms. The van der Waals surface area contributed by atoms with Crippen molar-refractivity contribution in [1.82, 2.24) is 34.3 Å². The third-order valence-electron chi connectivity index (χ3n) is 5.13. The second-order valence-corrected chi connectivity index (χ2v) is 7.13. The Morgan fingerprint density at radius 1 is 1.10 bits per heavy atom. The summed E-state index contributed by atoms with van der Waals surface area (Å²) in [5.41, 5.74) is 1.78. The molecule has 1 aromatic carbocycles. The third kappa shape index (κ3) is 3.25. The molecule has 0 spiro atoms. The van der Waals surface area contributed by atoms with Crippen molar-refractivity contribution in [2.75, 3.05) is 31.1 Å². The molecule has 0 aliphatic carbocycles. The maximum atomic E-state index is 13.5. The van der Waals surface area contributed by atoms with E-state index in [1.54, 1.807) is 33.8 Å². The van der Waals surface area contributed by atoms with E-state index in [0.29, 0.717) is 43.3 Å². The van der Waals surface area contributed by atoms with Gasteiger partial charge in [0.05, 0.1) is 5.69 Å². The maximum Gasteiger partial charge on any atom is 0.274 e. The van der Waals surface area contributed by atoms with E-state index in [1.165, 1.54) is 23.1 Å². The van der Waals surface area contributed by atoms with E-state index < -0.39 is 0 Å². The molecule has 4 aromatic rings. The Morgan fingerprint density at radius 3 is 2.73 bits per heavy atom. The Hall–Kier alpha value is -3.82. The molecule has 0 saturated carbocycles. The maximum absolute atomic E-state index is 13.5. The summed E-state index contributed by atoms with van der Waals surface area (Å²) in [6.45, 7) is 4.36. The highest BCUT2D eigenvalue weighted by Gasteiger charge is 2.25. The molecule has 0 unspecified atom stereocenters. The van der Waals surface area contributed by atoms with Gasteiger partial charge in [-0.15, -0.1) is 0 Å². The number of carbonyl (C=O) groups is 1. The zero-order valence-corrected chi connectivity index (χ0v) is 16.3. The lowest BCUT2D eigenvalue weighted by atomic mass is 10.2. The number of piperazine rings is 1. The first kappa shape index (κ1) is 18.2. The number of halogens is 1. The summed E-state index contributed by atoms with van der Waals surface area (Å²) < 4.78 is 16.7. The van der Waals surface area contributed by atoms with E-state index in [9.17, 15) is 9.18 Å². The molecule has 1 aliphatic heterocycles. The summed E-state index contributed by atoms with van der Waals surface area (Å²) in [5.74, 6) is 0.991. The molecule has 0 atom stereocenters. The normalized spacial score (nSPS) is 14.5. The van der Waals surface area contributed by atoms with Crippen LogP contribution in [0.25, 0.3) is 11.5 Å². The van der Waals surface area contributed by atoms with E-state index in [2.05, 4.69) is 25.1 Å². The van der Waals surface area contributed by atoms with E-state index in [0.717, 1.165) is 11.5 Å². The van der Waals surface area contributed by atoms with Crippen LogP contribution in [0.3, 0.4) is 0 Å². The standard InChI is InChI=1S/C20H19FN8O/c1-14-11-18(29-20(24-14)22-13-23-29)26-7-9-27(10-8-26)19(30)17-5-6-28(25-17)16-4-2-3-15(21)12-16/h2-6,11-13H,7-10H2,1H3. The molecule has 0 N–H and O–H groups in total. The minimum Gasteiger partial charge on any atom is -0.353 e. The number of hydrogen-bond acceptors (Lipinski definition) is 6. The van der Waals surface area contributed by atoms with Crippen molar-refractivity contribution in [2.45, 2.75) is 6.92 Å². The molecule has 152 valence electrons. The van der Waals surface area contributed by atoms with Crippen LogP contribution in [0.1, 0.15) is 16.2 Å². The highest BCUT2D eigenvalue weighted by molar-refractivity contribution is 5.92. The molecule has 1 amide bonds. The first-order valence-corrected chi connectivity index (χ1v) is 9.62. The number of fused-ring (bicyclic) bond motifs is 1. The third-order valence-corrected chi connectivity index (χ3v) is 5.13. The van der Waals surface area contributed by atoms with Gasteiger partial charge in [-0.3, -0.25) is 4.79 Å². The Labute approximate surface area is 171 Å². The summed E-state index contributed by atoms with van der Waals surface area (Å²) in [6, 6.07) is 9.73. The van der Waals surface area contributed by atoms with Crippen LogP contribution in [0.4, 0.5) is 10.2 Å². The van der Waals surface area contributed by atoms with Gasteiger partial charge in [0.25, 0.3) is 11.7 Å². The monoisotopic (exact) mass is 406 g/mol. The number of benzene rings is 1. The Balaban J connectivity index is 1.30. The van der Waals surface area contributed by atoms with Crippen LogP contribution >= 0.6 is 0 Å². The van der Waals surface area contributed by atoms with Crippen LogP contribution in [0.5, 0.6) is 0 Å². The van der Waals surface area contributed by atoms with Crippen molar-refractivity contribution in [3.8, 4) is 5.69 Å². The lowest BCUT2D eigenvalue weighted by Gasteiger charge is -2.35. The molecule has 9 nitrogen and oxygen atoms in total. The molecule has 1 fully saturated rings. The van der Waals surface area contributed by atoms with Gasteiger partial charge in [-0.05, 0) is 31.2 Å². The van der Waals surface area contributed by atoms with Crippen molar-refractivity contribution in [1.29, 1.82) is 0 Å². The minimum absolute atomic E-state index is 0.137. The summed E-state index contributed by atoms with van der Waals surface area (Å²) in [6.07, 6.45) is 3.15. The first-order valence-electron chi connectivity index (χ1n) is 9.62. The fraction of sp³-hybridized carbons (Fsp3) is 0.250. The Morgan fingerprint density at radius 2 is 1.93 bits per heavy atom. The van der Waals surface area contributed by atoms with E-state index in [4.69, 9.17) is 0 Å².